The predicted octanol–water partition coefficient (Wildman–Crippen LogP) is 2.61. The first-order chi connectivity index (χ1) is 11.6. The molecule has 1 aromatic carbocycles. The second-order valence-corrected chi connectivity index (χ2v) is 6.83. The minimum absolute atomic E-state index is 0.180. The Morgan fingerprint density at radius 1 is 1.24 bits per heavy atom. The summed E-state index contributed by atoms with van der Waals surface area (Å²) in [4.78, 5) is 24.9. The van der Waals surface area contributed by atoms with Crippen molar-refractivity contribution in [2.45, 2.75) is 39.3 Å². The van der Waals surface area contributed by atoms with Crippen molar-refractivity contribution in [3.63, 3.8) is 0 Å². The summed E-state index contributed by atoms with van der Waals surface area (Å²) in [7, 11) is 0. The zero-order valence-corrected chi connectivity index (χ0v) is 14.6. The van der Waals surface area contributed by atoms with E-state index >= 15 is 0 Å². The molecule has 0 bridgehead atoms. The van der Waals surface area contributed by atoms with Gasteiger partial charge in [-0.05, 0) is 24.6 Å². The number of piperidine rings is 1. The number of likely N-dealkylation sites (tertiary alicyclic amines) is 1. The largest absolute Gasteiger partial charge is 0.478 e. The highest BCUT2D eigenvalue weighted by atomic mass is 19.3. The van der Waals surface area contributed by atoms with Gasteiger partial charge in [0.25, 0.3) is 5.92 Å². The average Bonchev–Trinajstić information content (AvgIpc) is 2.57. The van der Waals surface area contributed by atoms with Crippen molar-refractivity contribution in [1.29, 1.82) is 0 Å². The fourth-order valence-corrected chi connectivity index (χ4v) is 3.09. The van der Waals surface area contributed by atoms with Gasteiger partial charge in [-0.3, -0.25) is 9.69 Å². The first-order valence-electron chi connectivity index (χ1n) is 8.34. The molecule has 1 aliphatic rings. The molecular weight excluding hydrogens is 330 g/mol. The molecule has 2 rings (SSSR count). The summed E-state index contributed by atoms with van der Waals surface area (Å²) >= 11 is 0. The van der Waals surface area contributed by atoms with Gasteiger partial charge in [0.2, 0.25) is 5.91 Å². The highest BCUT2D eigenvalue weighted by Gasteiger charge is 2.48. The summed E-state index contributed by atoms with van der Waals surface area (Å²) in [5, 5.41) is 11.6. The number of benzene rings is 1. The Bertz CT molecular complexity index is 620. The summed E-state index contributed by atoms with van der Waals surface area (Å²) in [5.74, 6) is -5.54. The highest BCUT2D eigenvalue weighted by molar-refractivity contribution is 5.87. The zero-order chi connectivity index (χ0) is 18.8. The second kappa shape index (κ2) is 7.47. The van der Waals surface area contributed by atoms with Gasteiger partial charge in [0.1, 0.15) is 0 Å². The van der Waals surface area contributed by atoms with E-state index in [1.54, 1.807) is 24.0 Å². The fraction of sp³-hybridized carbons (Fsp3) is 0.556. The van der Waals surface area contributed by atoms with Crippen molar-refractivity contribution in [2.75, 3.05) is 13.1 Å². The lowest BCUT2D eigenvalue weighted by Crippen LogP contribution is -2.57. The first kappa shape index (κ1) is 19.3. The number of carboxylic acids is 1. The molecule has 3 atom stereocenters. The van der Waals surface area contributed by atoms with Gasteiger partial charge in [-0.2, -0.15) is 0 Å². The standard InChI is InChI=1S/C18H24F2N2O3/c1-11-9-22(10-12(2)18(11,19)20)13(3)16(23)21-8-14-4-6-15(7-5-14)17(24)25/h4-7,11-13H,8-10H2,1-3H3,(H,21,23)(H,24,25). The zero-order valence-electron chi connectivity index (χ0n) is 14.6. The van der Waals surface area contributed by atoms with Crippen LogP contribution in [0.2, 0.25) is 0 Å². The van der Waals surface area contributed by atoms with Crippen LogP contribution in [0.3, 0.4) is 0 Å². The van der Waals surface area contributed by atoms with Crippen molar-refractivity contribution >= 4 is 11.9 Å². The van der Waals surface area contributed by atoms with E-state index in [0.717, 1.165) is 5.56 Å². The van der Waals surface area contributed by atoms with Gasteiger partial charge < -0.3 is 10.4 Å². The highest BCUT2D eigenvalue weighted by Crippen LogP contribution is 2.38. The summed E-state index contributed by atoms with van der Waals surface area (Å²) in [6.45, 7) is 5.36. The summed E-state index contributed by atoms with van der Waals surface area (Å²) < 4.78 is 27.8. The Morgan fingerprint density at radius 2 is 1.76 bits per heavy atom. The first-order valence-corrected chi connectivity index (χ1v) is 8.34. The van der Waals surface area contributed by atoms with Crippen LogP contribution in [-0.4, -0.2) is 46.9 Å². The minimum atomic E-state index is -2.71. The Balaban J connectivity index is 1.91. The lowest BCUT2D eigenvalue weighted by Gasteiger charge is -2.43. The molecule has 1 aliphatic heterocycles. The molecule has 0 spiro atoms. The normalized spacial score (nSPS) is 24.5. The molecule has 0 saturated carbocycles. The maximum Gasteiger partial charge on any atom is 0.335 e. The van der Waals surface area contributed by atoms with Crippen molar-refractivity contribution < 1.29 is 23.5 Å². The molecule has 138 valence electrons. The van der Waals surface area contributed by atoms with Gasteiger partial charge in [-0.25, -0.2) is 13.6 Å². The number of alkyl halides is 2. The van der Waals surface area contributed by atoms with E-state index in [4.69, 9.17) is 5.11 Å². The number of hydrogen-bond acceptors (Lipinski definition) is 3. The molecule has 1 heterocycles. The molecular formula is C18H24F2N2O3. The molecule has 25 heavy (non-hydrogen) atoms. The number of aromatic carboxylic acids is 1. The van der Waals surface area contributed by atoms with E-state index in [-0.39, 0.29) is 31.1 Å². The third-order valence-corrected chi connectivity index (χ3v) is 4.93. The molecule has 0 radical (unpaired) electrons. The number of nitrogens with one attached hydrogen (secondary N) is 1. The maximum atomic E-state index is 13.9. The van der Waals surface area contributed by atoms with E-state index in [2.05, 4.69) is 5.32 Å². The van der Waals surface area contributed by atoms with E-state index in [1.807, 2.05) is 0 Å². The molecule has 5 nitrogen and oxygen atoms in total. The van der Waals surface area contributed by atoms with Crippen LogP contribution in [-0.2, 0) is 11.3 Å². The van der Waals surface area contributed by atoms with Crippen LogP contribution >= 0.6 is 0 Å². The monoisotopic (exact) mass is 354 g/mol. The third-order valence-electron chi connectivity index (χ3n) is 4.93. The summed E-state index contributed by atoms with van der Waals surface area (Å²) in [6.07, 6.45) is 0. The van der Waals surface area contributed by atoms with Gasteiger partial charge >= 0.3 is 5.97 Å². The van der Waals surface area contributed by atoms with E-state index in [1.165, 1.54) is 26.0 Å². The smallest absolute Gasteiger partial charge is 0.335 e. The summed E-state index contributed by atoms with van der Waals surface area (Å²) in [6, 6.07) is 5.73. The third kappa shape index (κ3) is 4.34. The van der Waals surface area contributed by atoms with Gasteiger partial charge in [0, 0.05) is 31.5 Å². The lowest BCUT2D eigenvalue weighted by atomic mass is 9.86. The molecule has 1 saturated heterocycles. The van der Waals surface area contributed by atoms with Crippen LogP contribution in [0.1, 0.15) is 36.7 Å². The molecule has 0 aromatic heterocycles. The number of rotatable bonds is 5. The van der Waals surface area contributed by atoms with E-state index in [9.17, 15) is 18.4 Å². The van der Waals surface area contributed by atoms with Crippen LogP contribution in [0.5, 0.6) is 0 Å². The molecule has 1 amide bonds. The number of nitrogens with zero attached hydrogens (tertiary/aromatic N) is 1. The lowest BCUT2D eigenvalue weighted by molar-refractivity contribution is -0.152. The number of carbonyl (C=O) groups excluding carboxylic acids is 1. The van der Waals surface area contributed by atoms with Gasteiger partial charge in [0.15, 0.2) is 0 Å². The van der Waals surface area contributed by atoms with Crippen LogP contribution < -0.4 is 5.32 Å². The van der Waals surface area contributed by atoms with Crippen LogP contribution in [0.25, 0.3) is 0 Å². The molecule has 1 fully saturated rings. The Hall–Kier alpha value is -2.02. The van der Waals surface area contributed by atoms with Crippen LogP contribution in [0.4, 0.5) is 8.78 Å². The van der Waals surface area contributed by atoms with E-state index < -0.39 is 29.8 Å². The second-order valence-electron chi connectivity index (χ2n) is 6.83. The predicted molar refractivity (Wildman–Crippen MR) is 89.6 cm³/mol. The Morgan fingerprint density at radius 3 is 2.24 bits per heavy atom. The molecule has 1 aromatic rings. The maximum absolute atomic E-state index is 13.9. The van der Waals surface area contributed by atoms with Crippen molar-refractivity contribution in [1.82, 2.24) is 10.2 Å². The molecule has 3 unspecified atom stereocenters. The van der Waals surface area contributed by atoms with Crippen molar-refractivity contribution in [2.24, 2.45) is 11.8 Å². The van der Waals surface area contributed by atoms with Gasteiger partial charge in [-0.1, -0.05) is 26.0 Å². The van der Waals surface area contributed by atoms with E-state index in [0.29, 0.717) is 0 Å². The average molecular weight is 354 g/mol. The number of carboxylic acid groups (broad SMARTS) is 1. The van der Waals surface area contributed by atoms with Gasteiger partial charge in [-0.15, -0.1) is 0 Å². The molecule has 7 heteroatoms. The molecule has 0 aliphatic carbocycles. The Labute approximate surface area is 146 Å². The van der Waals surface area contributed by atoms with Crippen molar-refractivity contribution in [3.8, 4) is 0 Å². The quantitative estimate of drug-likeness (QED) is 0.853. The Kier molecular flexibility index (Phi) is 5.77. The number of amides is 1. The fourth-order valence-electron chi connectivity index (χ4n) is 3.09. The minimum Gasteiger partial charge on any atom is -0.478 e. The number of carbonyl (C=O) groups is 2. The number of halogens is 2. The topological polar surface area (TPSA) is 69.6 Å². The van der Waals surface area contributed by atoms with Crippen LogP contribution in [0, 0.1) is 11.8 Å². The van der Waals surface area contributed by atoms with Crippen molar-refractivity contribution in [3.05, 3.63) is 35.4 Å². The number of hydrogen-bond donors (Lipinski definition) is 2. The van der Waals surface area contributed by atoms with Gasteiger partial charge in [0.05, 0.1) is 11.6 Å². The van der Waals surface area contributed by atoms with Crippen LogP contribution in [0.15, 0.2) is 24.3 Å². The molecule has 2 N–H and O–H groups in total. The SMILES string of the molecule is CC(C(=O)NCc1ccc(C(=O)O)cc1)N1CC(C)C(F)(F)C(C)C1. The summed E-state index contributed by atoms with van der Waals surface area (Å²) in [5.41, 5.74) is 0.957.